The van der Waals surface area contributed by atoms with E-state index in [1.165, 1.54) is 10.9 Å². The van der Waals surface area contributed by atoms with Gasteiger partial charge in [0.2, 0.25) is 0 Å². The molecule has 2 rings (SSSR count). The maximum atomic E-state index is 11.9. The van der Waals surface area contributed by atoms with E-state index >= 15 is 0 Å². The molecule has 0 spiro atoms. The minimum Gasteiger partial charge on any atom is -0.376 e. The van der Waals surface area contributed by atoms with Gasteiger partial charge in [-0.1, -0.05) is 0 Å². The third-order valence-electron chi connectivity index (χ3n) is 2.86. The first-order valence-corrected chi connectivity index (χ1v) is 5.07. The van der Waals surface area contributed by atoms with Crippen molar-refractivity contribution < 1.29 is 9.53 Å². The first-order chi connectivity index (χ1) is 7.20. The summed E-state index contributed by atoms with van der Waals surface area (Å²) < 4.78 is 6.91. The predicted molar refractivity (Wildman–Crippen MR) is 54.6 cm³/mol. The lowest BCUT2D eigenvalue weighted by molar-refractivity contribution is 0.0909. The first-order valence-electron chi connectivity index (χ1n) is 5.07. The number of hydrogen-bond donors (Lipinski definition) is 0. The van der Waals surface area contributed by atoms with Crippen molar-refractivity contribution in [3.8, 4) is 0 Å². The van der Waals surface area contributed by atoms with Gasteiger partial charge in [0.1, 0.15) is 6.33 Å². The molecule has 82 valence electrons. The molecule has 1 aliphatic heterocycles. The second-order valence-corrected chi connectivity index (χ2v) is 3.80. The van der Waals surface area contributed by atoms with Crippen molar-refractivity contribution in [2.45, 2.75) is 25.5 Å². The van der Waals surface area contributed by atoms with Gasteiger partial charge >= 0.3 is 6.03 Å². The van der Waals surface area contributed by atoms with E-state index in [0.717, 1.165) is 13.0 Å². The Morgan fingerprint density at radius 1 is 1.67 bits per heavy atom. The van der Waals surface area contributed by atoms with E-state index in [1.54, 1.807) is 24.3 Å². The third-order valence-corrected chi connectivity index (χ3v) is 2.86. The van der Waals surface area contributed by atoms with Gasteiger partial charge in [-0.15, -0.1) is 0 Å². The minimum atomic E-state index is -0.0603. The van der Waals surface area contributed by atoms with E-state index in [4.69, 9.17) is 4.74 Å². The predicted octanol–water partition coefficient (Wildman–Crippen LogP) is 0.960. The van der Waals surface area contributed by atoms with Crippen LogP contribution < -0.4 is 0 Å². The normalized spacial score (nSPS) is 25.5. The molecule has 1 amide bonds. The number of aromatic nitrogens is 2. The van der Waals surface area contributed by atoms with E-state index < -0.39 is 0 Å². The number of imidazole rings is 1. The Hall–Kier alpha value is -1.36. The molecule has 0 bridgehead atoms. The van der Waals surface area contributed by atoms with Crippen molar-refractivity contribution >= 4 is 6.03 Å². The largest absolute Gasteiger partial charge is 0.376 e. The van der Waals surface area contributed by atoms with Crippen LogP contribution in [0.2, 0.25) is 0 Å². The molecule has 1 saturated heterocycles. The Morgan fingerprint density at radius 3 is 3.00 bits per heavy atom. The molecule has 15 heavy (non-hydrogen) atoms. The van der Waals surface area contributed by atoms with E-state index in [9.17, 15) is 4.79 Å². The summed E-state index contributed by atoms with van der Waals surface area (Å²) in [4.78, 5) is 17.5. The number of amides is 1. The number of likely N-dealkylation sites (N-methyl/N-ethyl adjacent to an activating group) is 1. The van der Waals surface area contributed by atoms with Crippen LogP contribution in [0.1, 0.15) is 13.3 Å². The summed E-state index contributed by atoms with van der Waals surface area (Å²) in [6.45, 7) is 2.72. The monoisotopic (exact) mass is 209 g/mol. The van der Waals surface area contributed by atoms with Crippen molar-refractivity contribution in [2.75, 3.05) is 13.7 Å². The third kappa shape index (κ3) is 1.87. The van der Waals surface area contributed by atoms with Gasteiger partial charge < -0.3 is 9.64 Å². The van der Waals surface area contributed by atoms with E-state index in [-0.39, 0.29) is 18.2 Å². The van der Waals surface area contributed by atoms with E-state index in [2.05, 4.69) is 4.98 Å². The number of nitrogens with zero attached hydrogens (tertiary/aromatic N) is 3. The van der Waals surface area contributed by atoms with Gasteiger partial charge in [-0.3, -0.25) is 4.57 Å². The van der Waals surface area contributed by atoms with Gasteiger partial charge in [0.05, 0.1) is 12.1 Å². The Kier molecular flexibility index (Phi) is 2.73. The fourth-order valence-corrected chi connectivity index (χ4v) is 1.93. The van der Waals surface area contributed by atoms with Crippen LogP contribution in [0.3, 0.4) is 0 Å². The van der Waals surface area contributed by atoms with Crippen LogP contribution in [0.5, 0.6) is 0 Å². The van der Waals surface area contributed by atoms with Gasteiger partial charge in [0, 0.05) is 26.0 Å². The average molecular weight is 209 g/mol. The topological polar surface area (TPSA) is 47.4 Å². The van der Waals surface area contributed by atoms with Gasteiger partial charge in [-0.2, -0.15) is 0 Å². The van der Waals surface area contributed by atoms with Crippen molar-refractivity contribution in [2.24, 2.45) is 0 Å². The lowest BCUT2D eigenvalue weighted by atomic mass is 10.1. The standard InChI is InChI=1S/C10H15N3O2/c1-8-9(3-6-15-8)12(2)10(14)13-5-4-11-7-13/h4-5,7-9H,3,6H2,1-2H3. The highest BCUT2D eigenvalue weighted by atomic mass is 16.5. The molecule has 2 atom stereocenters. The molecule has 2 unspecified atom stereocenters. The van der Waals surface area contributed by atoms with E-state index in [0.29, 0.717) is 0 Å². The SMILES string of the molecule is CC1OCCC1N(C)C(=O)n1ccnc1. The zero-order valence-electron chi connectivity index (χ0n) is 8.96. The maximum Gasteiger partial charge on any atom is 0.329 e. The summed E-state index contributed by atoms with van der Waals surface area (Å²) in [7, 11) is 1.80. The highest BCUT2D eigenvalue weighted by Gasteiger charge is 2.30. The maximum absolute atomic E-state index is 11.9. The molecule has 0 aromatic carbocycles. The molecule has 0 radical (unpaired) electrons. The molecule has 0 aliphatic carbocycles. The number of rotatable bonds is 1. The van der Waals surface area contributed by atoms with Crippen LogP contribution in [0.25, 0.3) is 0 Å². The highest BCUT2D eigenvalue weighted by molar-refractivity contribution is 5.76. The molecule has 2 heterocycles. The smallest absolute Gasteiger partial charge is 0.329 e. The quantitative estimate of drug-likeness (QED) is 0.692. The summed E-state index contributed by atoms with van der Waals surface area (Å²) in [5.41, 5.74) is 0. The van der Waals surface area contributed by atoms with Crippen LogP contribution in [0, 0.1) is 0 Å². The number of hydrogen-bond acceptors (Lipinski definition) is 3. The molecule has 0 saturated carbocycles. The number of ether oxygens (including phenoxy) is 1. The lowest BCUT2D eigenvalue weighted by Crippen LogP contribution is -2.42. The molecule has 1 aliphatic rings. The molecule has 5 heteroatoms. The second kappa shape index (κ2) is 4.02. The van der Waals surface area contributed by atoms with Crippen LogP contribution in [-0.2, 0) is 4.74 Å². The molecule has 1 fully saturated rings. The molecular weight excluding hydrogens is 194 g/mol. The van der Waals surface area contributed by atoms with Crippen LogP contribution >= 0.6 is 0 Å². The molecular formula is C10H15N3O2. The van der Waals surface area contributed by atoms with Gasteiger partial charge in [0.25, 0.3) is 0 Å². The highest BCUT2D eigenvalue weighted by Crippen LogP contribution is 2.18. The van der Waals surface area contributed by atoms with Crippen molar-refractivity contribution in [1.82, 2.24) is 14.5 Å². The molecule has 5 nitrogen and oxygen atoms in total. The zero-order valence-corrected chi connectivity index (χ0v) is 8.96. The minimum absolute atomic E-state index is 0.0603. The van der Waals surface area contributed by atoms with Crippen molar-refractivity contribution in [3.63, 3.8) is 0 Å². The molecule has 1 aromatic rings. The summed E-state index contributed by atoms with van der Waals surface area (Å²) in [5.74, 6) is 0. The Morgan fingerprint density at radius 2 is 2.47 bits per heavy atom. The van der Waals surface area contributed by atoms with E-state index in [1.807, 2.05) is 6.92 Å². The van der Waals surface area contributed by atoms with Gasteiger partial charge in [-0.05, 0) is 13.3 Å². The van der Waals surface area contributed by atoms with Crippen LogP contribution in [-0.4, -0.2) is 46.3 Å². The second-order valence-electron chi connectivity index (χ2n) is 3.80. The first kappa shape index (κ1) is 10.2. The Labute approximate surface area is 88.7 Å². The van der Waals surface area contributed by atoms with Crippen LogP contribution in [0.4, 0.5) is 4.79 Å². The van der Waals surface area contributed by atoms with Crippen molar-refractivity contribution in [3.05, 3.63) is 18.7 Å². The van der Waals surface area contributed by atoms with Gasteiger partial charge in [0.15, 0.2) is 0 Å². The summed E-state index contributed by atoms with van der Waals surface area (Å²) in [5, 5.41) is 0. The van der Waals surface area contributed by atoms with Crippen LogP contribution in [0.15, 0.2) is 18.7 Å². The lowest BCUT2D eigenvalue weighted by Gasteiger charge is -2.26. The Bertz CT molecular complexity index is 336. The number of carbonyl (C=O) groups is 1. The summed E-state index contributed by atoms with van der Waals surface area (Å²) >= 11 is 0. The number of carbonyl (C=O) groups excluding carboxylic acids is 1. The Balaban J connectivity index is 2.07. The zero-order chi connectivity index (χ0) is 10.8. The fourth-order valence-electron chi connectivity index (χ4n) is 1.93. The van der Waals surface area contributed by atoms with Gasteiger partial charge in [-0.25, -0.2) is 9.78 Å². The average Bonchev–Trinajstić information content (AvgIpc) is 2.85. The summed E-state index contributed by atoms with van der Waals surface area (Å²) in [6, 6.07) is 0.106. The summed E-state index contributed by atoms with van der Waals surface area (Å²) in [6.07, 6.45) is 5.78. The fraction of sp³-hybridized carbons (Fsp3) is 0.600. The molecule has 1 aromatic heterocycles. The van der Waals surface area contributed by atoms with Crippen molar-refractivity contribution in [1.29, 1.82) is 0 Å². The molecule has 0 N–H and O–H groups in total.